The van der Waals surface area contributed by atoms with E-state index in [9.17, 15) is 0 Å². The maximum absolute atomic E-state index is 5.29. The van der Waals surface area contributed by atoms with Gasteiger partial charge in [-0.2, -0.15) is 4.98 Å². The normalized spacial score (nSPS) is 10.6. The molecular formula is C16H14BrN3O. The molecule has 0 amide bonds. The molecule has 3 aromatic rings. The first-order valence-corrected chi connectivity index (χ1v) is 7.39. The first kappa shape index (κ1) is 13.8. The molecule has 3 rings (SSSR count). The summed E-state index contributed by atoms with van der Waals surface area (Å²) in [5.74, 6) is 1.18. The molecule has 106 valence electrons. The molecule has 0 aliphatic rings. The number of nitrogens with zero attached hydrogens (tertiary/aromatic N) is 2. The highest BCUT2D eigenvalue weighted by Gasteiger charge is 2.08. The lowest BCUT2D eigenvalue weighted by atomic mass is 10.1. The van der Waals surface area contributed by atoms with Gasteiger partial charge < -0.3 is 9.84 Å². The van der Waals surface area contributed by atoms with Crippen LogP contribution in [0.3, 0.4) is 0 Å². The maximum Gasteiger partial charge on any atom is 0.257 e. The monoisotopic (exact) mass is 343 g/mol. The summed E-state index contributed by atoms with van der Waals surface area (Å²) in [6, 6.07) is 16.0. The second-order valence-electron chi connectivity index (χ2n) is 4.74. The highest BCUT2D eigenvalue weighted by Crippen LogP contribution is 2.18. The summed E-state index contributed by atoms with van der Waals surface area (Å²) in [7, 11) is 0. The van der Waals surface area contributed by atoms with E-state index in [-0.39, 0.29) is 0 Å². The molecule has 0 atom stereocenters. The third kappa shape index (κ3) is 3.49. The van der Waals surface area contributed by atoms with E-state index in [1.54, 1.807) is 0 Å². The van der Waals surface area contributed by atoms with E-state index >= 15 is 0 Å². The van der Waals surface area contributed by atoms with Crippen LogP contribution >= 0.6 is 15.9 Å². The summed E-state index contributed by atoms with van der Waals surface area (Å²) in [4.78, 5) is 4.39. The summed E-state index contributed by atoms with van der Waals surface area (Å²) in [5.41, 5.74) is 3.15. The van der Waals surface area contributed by atoms with Crippen molar-refractivity contribution >= 4 is 21.6 Å². The van der Waals surface area contributed by atoms with Gasteiger partial charge in [-0.3, -0.25) is 0 Å². The van der Waals surface area contributed by atoms with E-state index in [1.165, 1.54) is 5.56 Å². The van der Waals surface area contributed by atoms with Crippen molar-refractivity contribution in [3.05, 3.63) is 64.4 Å². The van der Waals surface area contributed by atoms with Gasteiger partial charge in [0.05, 0.1) is 6.54 Å². The van der Waals surface area contributed by atoms with E-state index in [1.807, 2.05) is 55.5 Å². The van der Waals surface area contributed by atoms with Crippen LogP contribution in [0.1, 0.15) is 11.4 Å². The van der Waals surface area contributed by atoms with Crippen molar-refractivity contribution in [1.29, 1.82) is 0 Å². The second-order valence-corrected chi connectivity index (χ2v) is 5.66. The Balaban J connectivity index is 1.67. The molecule has 1 N–H and O–H groups in total. The number of hydrogen-bond acceptors (Lipinski definition) is 4. The van der Waals surface area contributed by atoms with Crippen molar-refractivity contribution < 1.29 is 4.52 Å². The van der Waals surface area contributed by atoms with E-state index in [4.69, 9.17) is 4.52 Å². The number of nitrogens with one attached hydrogen (secondary N) is 1. The highest BCUT2D eigenvalue weighted by atomic mass is 79.9. The summed E-state index contributed by atoms with van der Waals surface area (Å²) in [5, 5.41) is 7.25. The largest absolute Gasteiger partial charge is 0.378 e. The van der Waals surface area contributed by atoms with E-state index < -0.39 is 0 Å². The molecule has 0 aliphatic heterocycles. The van der Waals surface area contributed by atoms with Gasteiger partial charge in [-0.25, -0.2) is 0 Å². The van der Waals surface area contributed by atoms with Gasteiger partial charge >= 0.3 is 0 Å². The lowest BCUT2D eigenvalue weighted by molar-refractivity contribution is 0.423. The Morgan fingerprint density at radius 3 is 2.48 bits per heavy atom. The van der Waals surface area contributed by atoms with E-state index in [0.717, 1.165) is 15.7 Å². The lowest BCUT2D eigenvalue weighted by Crippen LogP contribution is -2.00. The average molecular weight is 344 g/mol. The standard InChI is InChI=1S/C16H14BrN3O/c1-11-2-4-12(5-3-11)16-19-15(20-21-16)10-18-14-8-6-13(17)7-9-14/h2-9,18H,10H2,1H3. The maximum atomic E-state index is 5.29. The van der Waals surface area contributed by atoms with Gasteiger partial charge in [-0.05, 0) is 43.3 Å². The first-order chi connectivity index (χ1) is 10.2. The zero-order valence-electron chi connectivity index (χ0n) is 11.5. The van der Waals surface area contributed by atoms with Gasteiger partial charge in [0.1, 0.15) is 0 Å². The molecule has 0 spiro atoms. The van der Waals surface area contributed by atoms with Crippen molar-refractivity contribution in [2.24, 2.45) is 0 Å². The second kappa shape index (κ2) is 6.10. The Kier molecular flexibility index (Phi) is 4.01. The molecule has 0 aliphatic carbocycles. The molecule has 5 heteroatoms. The fourth-order valence-electron chi connectivity index (χ4n) is 1.89. The molecule has 0 radical (unpaired) electrons. The van der Waals surface area contributed by atoms with Crippen LogP contribution in [0.15, 0.2) is 57.5 Å². The van der Waals surface area contributed by atoms with Crippen LogP contribution in [-0.4, -0.2) is 10.1 Å². The smallest absolute Gasteiger partial charge is 0.257 e. The molecule has 1 aromatic heterocycles. The summed E-state index contributed by atoms with van der Waals surface area (Å²) < 4.78 is 6.34. The topological polar surface area (TPSA) is 51.0 Å². The van der Waals surface area contributed by atoms with Crippen LogP contribution in [0, 0.1) is 6.92 Å². The molecule has 21 heavy (non-hydrogen) atoms. The third-order valence-corrected chi connectivity index (χ3v) is 3.59. The van der Waals surface area contributed by atoms with Crippen molar-refractivity contribution in [2.45, 2.75) is 13.5 Å². The lowest BCUT2D eigenvalue weighted by Gasteiger charge is -2.02. The molecule has 2 aromatic carbocycles. The molecule has 0 saturated heterocycles. The molecule has 0 saturated carbocycles. The van der Waals surface area contributed by atoms with Gasteiger partial charge in [0.2, 0.25) is 0 Å². The van der Waals surface area contributed by atoms with Gasteiger partial charge in [0.15, 0.2) is 5.82 Å². The first-order valence-electron chi connectivity index (χ1n) is 6.60. The quantitative estimate of drug-likeness (QED) is 0.761. The van der Waals surface area contributed by atoms with Crippen LogP contribution in [0.4, 0.5) is 5.69 Å². The van der Waals surface area contributed by atoms with Gasteiger partial charge in [-0.1, -0.05) is 38.8 Å². The third-order valence-electron chi connectivity index (χ3n) is 3.06. The molecule has 1 heterocycles. The Bertz CT molecular complexity index is 720. The highest BCUT2D eigenvalue weighted by molar-refractivity contribution is 9.10. The minimum absolute atomic E-state index is 0.525. The Hall–Kier alpha value is -2.14. The number of rotatable bonds is 4. The fourth-order valence-corrected chi connectivity index (χ4v) is 2.15. The number of halogens is 1. The predicted molar refractivity (Wildman–Crippen MR) is 85.9 cm³/mol. The number of aromatic nitrogens is 2. The summed E-state index contributed by atoms with van der Waals surface area (Å²) >= 11 is 3.41. The zero-order chi connectivity index (χ0) is 14.7. The van der Waals surface area contributed by atoms with Crippen LogP contribution in [0.2, 0.25) is 0 Å². The zero-order valence-corrected chi connectivity index (χ0v) is 13.1. The number of anilines is 1. The van der Waals surface area contributed by atoms with Crippen molar-refractivity contribution in [3.63, 3.8) is 0 Å². The van der Waals surface area contributed by atoms with E-state index in [2.05, 4.69) is 31.4 Å². The summed E-state index contributed by atoms with van der Waals surface area (Å²) in [6.07, 6.45) is 0. The van der Waals surface area contributed by atoms with Crippen LogP contribution < -0.4 is 5.32 Å². The molecule has 0 unspecified atom stereocenters. The van der Waals surface area contributed by atoms with Gasteiger partial charge in [0.25, 0.3) is 5.89 Å². The van der Waals surface area contributed by atoms with Crippen molar-refractivity contribution in [1.82, 2.24) is 10.1 Å². The average Bonchev–Trinajstić information content (AvgIpc) is 2.96. The Labute approximate surface area is 131 Å². The number of aryl methyl sites for hydroxylation is 1. The predicted octanol–water partition coefficient (Wildman–Crippen LogP) is 4.42. The molecule has 0 fully saturated rings. The Morgan fingerprint density at radius 1 is 1.05 bits per heavy atom. The van der Waals surface area contributed by atoms with Gasteiger partial charge in [-0.15, -0.1) is 0 Å². The van der Waals surface area contributed by atoms with Gasteiger partial charge in [0, 0.05) is 15.7 Å². The van der Waals surface area contributed by atoms with Crippen LogP contribution in [-0.2, 0) is 6.54 Å². The molecule has 0 bridgehead atoms. The van der Waals surface area contributed by atoms with Crippen molar-refractivity contribution in [3.8, 4) is 11.5 Å². The minimum Gasteiger partial charge on any atom is -0.378 e. The van der Waals surface area contributed by atoms with Crippen LogP contribution in [0.5, 0.6) is 0 Å². The molecular weight excluding hydrogens is 330 g/mol. The Morgan fingerprint density at radius 2 is 1.76 bits per heavy atom. The number of benzene rings is 2. The SMILES string of the molecule is Cc1ccc(-c2nc(CNc3ccc(Br)cc3)no2)cc1. The fraction of sp³-hybridized carbons (Fsp3) is 0.125. The van der Waals surface area contributed by atoms with Crippen molar-refractivity contribution in [2.75, 3.05) is 5.32 Å². The van der Waals surface area contributed by atoms with Crippen LogP contribution in [0.25, 0.3) is 11.5 Å². The minimum atomic E-state index is 0.525. The van der Waals surface area contributed by atoms with E-state index in [0.29, 0.717) is 18.3 Å². The summed E-state index contributed by atoms with van der Waals surface area (Å²) in [6.45, 7) is 2.57. The number of hydrogen-bond donors (Lipinski definition) is 1. The molecule has 4 nitrogen and oxygen atoms in total.